The van der Waals surface area contributed by atoms with Crippen molar-refractivity contribution in [3.8, 4) is 5.88 Å². The lowest BCUT2D eigenvalue weighted by molar-refractivity contribution is 0.0161. The van der Waals surface area contributed by atoms with Gasteiger partial charge in [-0.1, -0.05) is 0 Å². The number of rotatable bonds is 3. The molecule has 0 saturated carbocycles. The third kappa shape index (κ3) is 2.92. The predicted molar refractivity (Wildman–Crippen MR) is 63.6 cm³/mol. The van der Waals surface area contributed by atoms with Crippen LogP contribution in [0, 0.1) is 0 Å². The summed E-state index contributed by atoms with van der Waals surface area (Å²) in [6.07, 6.45) is 4.66. The molecule has 0 N–H and O–H groups in total. The Morgan fingerprint density at radius 2 is 2.38 bits per heavy atom. The Balaban J connectivity index is 2.01. The molecule has 5 heteroatoms. The molecule has 2 rings (SSSR count). The summed E-state index contributed by atoms with van der Waals surface area (Å²) in [7, 11) is 1.58. The number of aromatic nitrogens is 2. The molecule has 1 atom stereocenters. The summed E-state index contributed by atoms with van der Waals surface area (Å²) < 4.78 is 11.5. The number of nitrogens with zero attached hydrogens (tertiary/aromatic N) is 2. The number of methoxy groups -OCH3 is 1. The van der Waals surface area contributed by atoms with Gasteiger partial charge in [-0.2, -0.15) is 5.10 Å². The average molecular weight is 287 g/mol. The molecule has 16 heavy (non-hydrogen) atoms. The monoisotopic (exact) mass is 286 g/mol. The standard InChI is InChI=1S/C11H15BrN2O2/c1-15-11-10(12)7-8(13-14-11)6-9-4-2-3-5-16-9/h7,9H,2-6H2,1H3. The maximum absolute atomic E-state index is 5.66. The molecule has 0 spiro atoms. The van der Waals surface area contributed by atoms with Crippen LogP contribution in [0.5, 0.6) is 5.88 Å². The summed E-state index contributed by atoms with van der Waals surface area (Å²) in [6.45, 7) is 0.870. The van der Waals surface area contributed by atoms with E-state index in [4.69, 9.17) is 9.47 Å². The van der Waals surface area contributed by atoms with E-state index in [1.54, 1.807) is 7.11 Å². The van der Waals surface area contributed by atoms with Crippen LogP contribution in [-0.4, -0.2) is 30.0 Å². The summed E-state index contributed by atoms with van der Waals surface area (Å²) in [5.74, 6) is 0.522. The van der Waals surface area contributed by atoms with E-state index in [1.165, 1.54) is 12.8 Å². The molecule has 1 fully saturated rings. The van der Waals surface area contributed by atoms with Gasteiger partial charge in [-0.15, -0.1) is 5.10 Å². The molecule has 1 unspecified atom stereocenters. The molecule has 0 bridgehead atoms. The van der Waals surface area contributed by atoms with Gasteiger partial charge in [0.15, 0.2) is 0 Å². The number of hydrogen-bond acceptors (Lipinski definition) is 4. The normalized spacial score (nSPS) is 20.8. The van der Waals surface area contributed by atoms with Crippen LogP contribution in [0.4, 0.5) is 0 Å². The molecule has 1 aliphatic heterocycles. The summed E-state index contributed by atoms with van der Waals surface area (Å²) in [5, 5.41) is 8.11. The summed E-state index contributed by atoms with van der Waals surface area (Å²) in [6, 6.07) is 1.95. The van der Waals surface area contributed by atoms with Crippen molar-refractivity contribution in [1.82, 2.24) is 10.2 Å². The van der Waals surface area contributed by atoms with Crippen LogP contribution in [-0.2, 0) is 11.2 Å². The highest BCUT2D eigenvalue weighted by Gasteiger charge is 2.16. The van der Waals surface area contributed by atoms with Crippen LogP contribution in [0.1, 0.15) is 25.0 Å². The topological polar surface area (TPSA) is 44.2 Å². The average Bonchev–Trinajstić information content (AvgIpc) is 2.31. The van der Waals surface area contributed by atoms with Gasteiger partial charge in [0.05, 0.1) is 23.4 Å². The van der Waals surface area contributed by atoms with Crippen LogP contribution in [0.2, 0.25) is 0 Å². The molecular weight excluding hydrogens is 272 g/mol. The van der Waals surface area contributed by atoms with Gasteiger partial charge in [0.2, 0.25) is 5.88 Å². The first kappa shape index (κ1) is 11.8. The fraction of sp³-hybridized carbons (Fsp3) is 0.636. The van der Waals surface area contributed by atoms with E-state index in [0.717, 1.165) is 29.6 Å². The molecular formula is C11H15BrN2O2. The highest BCUT2D eigenvalue weighted by Crippen LogP contribution is 2.23. The Hall–Kier alpha value is -0.680. The maximum Gasteiger partial charge on any atom is 0.247 e. The van der Waals surface area contributed by atoms with Crippen molar-refractivity contribution < 1.29 is 9.47 Å². The van der Waals surface area contributed by atoms with E-state index in [2.05, 4.69) is 26.1 Å². The van der Waals surface area contributed by atoms with Gasteiger partial charge in [-0.3, -0.25) is 0 Å². The van der Waals surface area contributed by atoms with Crippen molar-refractivity contribution in [2.24, 2.45) is 0 Å². The van der Waals surface area contributed by atoms with Crippen molar-refractivity contribution in [3.63, 3.8) is 0 Å². The zero-order chi connectivity index (χ0) is 11.4. The van der Waals surface area contributed by atoms with Crippen molar-refractivity contribution in [2.75, 3.05) is 13.7 Å². The zero-order valence-corrected chi connectivity index (χ0v) is 10.9. The molecule has 0 aromatic carbocycles. The Labute approximate surface area is 103 Å². The van der Waals surface area contributed by atoms with Crippen LogP contribution in [0.3, 0.4) is 0 Å². The lowest BCUT2D eigenvalue weighted by Gasteiger charge is -2.21. The highest BCUT2D eigenvalue weighted by atomic mass is 79.9. The van der Waals surface area contributed by atoms with E-state index in [9.17, 15) is 0 Å². The first-order valence-electron chi connectivity index (χ1n) is 5.47. The SMILES string of the molecule is COc1nnc(CC2CCCCO2)cc1Br. The molecule has 1 saturated heterocycles. The maximum atomic E-state index is 5.66. The summed E-state index contributed by atoms with van der Waals surface area (Å²) >= 11 is 3.40. The number of hydrogen-bond donors (Lipinski definition) is 0. The van der Waals surface area contributed by atoms with Gasteiger partial charge in [0.1, 0.15) is 0 Å². The first-order valence-corrected chi connectivity index (χ1v) is 6.26. The van der Waals surface area contributed by atoms with Crippen molar-refractivity contribution in [2.45, 2.75) is 31.8 Å². The third-order valence-electron chi connectivity index (χ3n) is 2.67. The van der Waals surface area contributed by atoms with E-state index in [-0.39, 0.29) is 0 Å². The molecule has 2 heterocycles. The van der Waals surface area contributed by atoms with Crippen LogP contribution >= 0.6 is 15.9 Å². The van der Waals surface area contributed by atoms with Gasteiger partial charge in [0, 0.05) is 13.0 Å². The molecule has 0 amide bonds. The van der Waals surface area contributed by atoms with Gasteiger partial charge in [-0.25, -0.2) is 0 Å². The molecule has 0 radical (unpaired) electrons. The Bertz CT molecular complexity index is 354. The third-order valence-corrected chi connectivity index (χ3v) is 3.24. The zero-order valence-electron chi connectivity index (χ0n) is 9.28. The van der Waals surface area contributed by atoms with Gasteiger partial charge in [-0.05, 0) is 41.3 Å². The molecule has 88 valence electrons. The van der Waals surface area contributed by atoms with Gasteiger partial charge in [0.25, 0.3) is 0 Å². The fourth-order valence-electron chi connectivity index (χ4n) is 1.83. The Morgan fingerprint density at radius 1 is 1.50 bits per heavy atom. The van der Waals surface area contributed by atoms with Crippen molar-refractivity contribution >= 4 is 15.9 Å². The lowest BCUT2D eigenvalue weighted by atomic mass is 10.0. The minimum absolute atomic E-state index is 0.295. The predicted octanol–water partition coefficient (Wildman–Crippen LogP) is 2.36. The molecule has 1 aromatic rings. The molecule has 0 aliphatic carbocycles. The molecule has 1 aromatic heterocycles. The smallest absolute Gasteiger partial charge is 0.247 e. The van der Waals surface area contributed by atoms with E-state index < -0.39 is 0 Å². The van der Waals surface area contributed by atoms with E-state index >= 15 is 0 Å². The Morgan fingerprint density at radius 3 is 3.00 bits per heavy atom. The van der Waals surface area contributed by atoms with Crippen LogP contribution in [0.15, 0.2) is 10.5 Å². The fourth-order valence-corrected chi connectivity index (χ4v) is 2.34. The second kappa shape index (κ2) is 5.59. The van der Waals surface area contributed by atoms with Crippen LogP contribution in [0.25, 0.3) is 0 Å². The second-order valence-corrected chi connectivity index (χ2v) is 4.74. The van der Waals surface area contributed by atoms with E-state index in [1.807, 2.05) is 6.07 Å². The van der Waals surface area contributed by atoms with Crippen molar-refractivity contribution in [3.05, 3.63) is 16.2 Å². The first-order chi connectivity index (χ1) is 7.79. The van der Waals surface area contributed by atoms with Gasteiger partial charge < -0.3 is 9.47 Å². The van der Waals surface area contributed by atoms with Crippen molar-refractivity contribution in [1.29, 1.82) is 0 Å². The minimum atomic E-state index is 0.295. The molecule has 4 nitrogen and oxygen atoms in total. The second-order valence-electron chi connectivity index (χ2n) is 3.89. The highest BCUT2D eigenvalue weighted by molar-refractivity contribution is 9.10. The van der Waals surface area contributed by atoms with E-state index in [0.29, 0.717) is 12.0 Å². The molecule has 1 aliphatic rings. The minimum Gasteiger partial charge on any atom is -0.479 e. The van der Waals surface area contributed by atoms with Gasteiger partial charge >= 0.3 is 0 Å². The number of halogens is 1. The summed E-state index contributed by atoms with van der Waals surface area (Å²) in [5.41, 5.74) is 0.944. The quantitative estimate of drug-likeness (QED) is 0.856. The lowest BCUT2D eigenvalue weighted by Crippen LogP contribution is -2.22. The van der Waals surface area contributed by atoms with Crippen LogP contribution < -0.4 is 4.74 Å². The summed E-state index contributed by atoms with van der Waals surface area (Å²) in [4.78, 5) is 0. The largest absolute Gasteiger partial charge is 0.479 e. The number of ether oxygens (including phenoxy) is 2. The Kier molecular flexibility index (Phi) is 4.12.